The Morgan fingerprint density at radius 2 is 2.28 bits per heavy atom. The molecule has 5 heteroatoms. The summed E-state index contributed by atoms with van der Waals surface area (Å²) in [6.07, 6.45) is 0.171. The van der Waals surface area contributed by atoms with Gasteiger partial charge >= 0.3 is 0 Å². The van der Waals surface area contributed by atoms with Crippen LogP contribution in [0, 0.1) is 12.7 Å². The lowest BCUT2D eigenvalue weighted by atomic mass is 10.1. The van der Waals surface area contributed by atoms with E-state index in [1.807, 2.05) is 0 Å². The zero-order chi connectivity index (χ0) is 13.1. The fraction of sp³-hybridized carbons (Fsp3) is 0.231. The van der Waals surface area contributed by atoms with Gasteiger partial charge in [-0.25, -0.2) is 9.37 Å². The Labute approximate surface area is 108 Å². The van der Waals surface area contributed by atoms with Crippen molar-refractivity contribution in [3.63, 3.8) is 0 Å². The third kappa shape index (κ3) is 2.56. The average molecular weight is 265 g/mol. The highest BCUT2D eigenvalue weighted by atomic mass is 32.1. The molecule has 1 aromatic carbocycles. The molecule has 94 valence electrons. The van der Waals surface area contributed by atoms with E-state index in [1.165, 1.54) is 30.6 Å². The van der Waals surface area contributed by atoms with Crippen molar-refractivity contribution in [3.8, 4) is 5.75 Å². The number of hydrogen-bond donors (Lipinski definition) is 0. The number of aryl methyl sites for hydroxylation is 1. The summed E-state index contributed by atoms with van der Waals surface area (Å²) >= 11 is 1.31. The summed E-state index contributed by atoms with van der Waals surface area (Å²) in [5.41, 5.74) is 2.99. The Morgan fingerprint density at radius 1 is 1.50 bits per heavy atom. The minimum absolute atomic E-state index is 0.0421. The van der Waals surface area contributed by atoms with Gasteiger partial charge in [0.05, 0.1) is 23.2 Å². The lowest BCUT2D eigenvalue weighted by Gasteiger charge is -2.04. The zero-order valence-corrected chi connectivity index (χ0v) is 10.9. The van der Waals surface area contributed by atoms with Gasteiger partial charge in [-0.2, -0.15) is 0 Å². The number of nitrogens with zero attached hydrogens (tertiary/aromatic N) is 1. The van der Waals surface area contributed by atoms with Crippen LogP contribution in [0.25, 0.3) is 0 Å². The fourth-order valence-corrected chi connectivity index (χ4v) is 2.40. The first-order valence-corrected chi connectivity index (χ1v) is 6.25. The maximum absolute atomic E-state index is 13.5. The van der Waals surface area contributed by atoms with E-state index in [4.69, 9.17) is 4.74 Å². The molecule has 0 aliphatic heterocycles. The molecule has 0 unspecified atom stereocenters. The Balaban J connectivity index is 2.17. The summed E-state index contributed by atoms with van der Waals surface area (Å²) in [4.78, 5) is 16.6. The molecule has 0 bridgehead atoms. The topological polar surface area (TPSA) is 39.2 Å². The minimum atomic E-state index is -0.455. The molecule has 2 aromatic rings. The molecule has 3 nitrogen and oxygen atoms in total. The number of carbonyl (C=O) groups excluding carboxylic acids is 1. The van der Waals surface area contributed by atoms with E-state index >= 15 is 0 Å². The van der Waals surface area contributed by atoms with E-state index in [-0.39, 0.29) is 18.0 Å². The summed E-state index contributed by atoms with van der Waals surface area (Å²) in [6, 6.07) is 4.54. The molecule has 0 amide bonds. The predicted molar refractivity (Wildman–Crippen MR) is 67.8 cm³/mol. The van der Waals surface area contributed by atoms with Gasteiger partial charge in [-0.1, -0.05) is 6.07 Å². The Hall–Kier alpha value is -1.75. The Morgan fingerprint density at radius 3 is 2.83 bits per heavy atom. The molecule has 0 spiro atoms. The van der Waals surface area contributed by atoms with Crippen molar-refractivity contribution in [1.82, 2.24) is 4.98 Å². The number of ketones is 1. The van der Waals surface area contributed by atoms with Gasteiger partial charge in [0.15, 0.2) is 17.3 Å². The average Bonchev–Trinajstić information content (AvgIpc) is 2.76. The maximum Gasteiger partial charge on any atom is 0.179 e. The number of benzene rings is 1. The Bertz CT molecular complexity index is 580. The van der Waals surface area contributed by atoms with Crippen LogP contribution in [0.15, 0.2) is 23.7 Å². The number of ether oxygens (including phenoxy) is 1. The first-order chi connectivity index (χ1) is 8.61. The van der Waals surface area contributed by atoms with Crippen LogP contribution < -0.4 is 4.74 Å². The second-order valence-electron chi connectivity index (χ2n) is 3.84. The standard InChI is InChI=1S/C13H12FNO2S/c1-8-13(18-7-15-8)11(16)6-9-3-4-12(17-2)10(14)5-9/h3-5,7H,6H2,1-2H3. The van der Waals surface area contributed by atoms with Crippen molar-refractivity contribution >= 4 is 17.1 Å². The smallest absolute Gasteiger partial charge is 0.179 e. The first kappa shape index (κ1) is 12.7. The van der Waals surface area contributed by atoms with Crippen LogP contribution >= 0.6 is 11.3 Å². The molecule has 1 heterocycles. The predicted octanol–water partition coefficient (Wildman–Crippen LogP) is 3.02. The van der Waals surface area contributed by atoms with Crippen LogP contribution in [-0.2, 0) is 6.42 Å². The second-order valence-corrected chi connectivity index (χ2v) is 4.69. The number of thiazole rings is 1. The lowest BCUT2D eigenvalue weighted by Crippen LogP contribution is -2.03. The molecule has 0 aliphatic rings. The molecule has 0 atom stereocenters. The summed E-state index contributed by atoms with van der Waals surface area (Å²) < 4.78 is 18.3. The molecular weight excluding hydrogens is 253 g/mol. The highest BCUT2D eigenvalue weighted by molar-refractivity contribution is 7.11. The minimum Gasteiger partial charge on any atom is -0.494 e. The third-order valence-corrected chi connectivity index (χ3v) is 3.55. The number of halogens is 1. The van der Waals surface area contributed by atoms with Gasteiger partial charge in [-0.15, -0.1) is 11.3 Å². The van der Waals surface area contributed by atoms with Crippen LogP contribution in [0.3, 0.4) is 0 Å². The molecule has 1 aromatic heterocycles. The van der Waals surface area contributed by atoms with Crippen molar-refractivity contribution in [3.05, 3.63) is 45.7 Å². The first-order valence-electron chi connectivity index (χ1n) is 5.37. The van der Waals surface area contributed by atoms with Crippen LogP contribution in [0.2, 0.25) is 0 Å². The SMILES string of the molecule is COc1ccc(CC(=O)c2scnc2C)cc1F. The molecule has 0 saturated heterocycles. The quantitative estimate of drug-likeness (QED) is 0.798. The fourth-order valence-electron chi connectivity index (χ4n) is 1.66. The molecule has 0 N–H and O–H groups in total. The van der Waals surface area contributed by atoms with Gasteiger partial charge in [-0.05, 0) is 24.6 Å². The number of aromatic nitrogens is 1. The number of Topliss-reactive ketones (excluding diaryl/α,β-unsaturated/α-hetero) is 1. The molecule has 0 fully saturated rings. The summed E-state index contributed by atoms with van der Waals surface area (Å²) in [5.74, 6) is -0.316. The van der Waals surface area contributed by atoms with E-state index in [0.717, 1.165) is 5.69 Å². The summed E-state index contributed by atoms with van der Waals surface area (Å²) in [7, 11) is 1.41. The van der Waals surface area contributed by atoms with Crippen molar-refractivity contribution in [2.75, 3.05) is 7.11 Å². The van der Waals surface area contributed by atoms with Crippen molar-refractivity contribution < 1.29 is 13.9 Å². The highest BCUT2D eigenvalue weighted by Gasteiger charge is 2.13. The zero-order valence-electron chi connectivity index (χ0n) is 10.1. The number of methoxy groups -OCH3 is 1. The van der Waals surface area contributed by atoms with E-state index in [0.29, 0.717) is 10.4 Å². The van der Waals surface area contributed by atoms with E-state index in [2.05, 4.69) is 4.98 Å². The summed E-state index contributed by atoms with van der Waals surface area (Å²) in [6.45, 7) is 1.79. The van der Waals surface area contributed by atoms with Gasteiger partial charge in [0, 0.05) is 6.42 Å². The summed E-state index contributed by atoms with van der Waals surface area (Å²) in [5, 5.41) is 0. The second kappa shape index (κ2) is 5.27. The highest BCUT2D eigenvalue weighted by Crippen LogP contribution is 2.20. The van der Waals surface area contributed by atoms with E-state index < -0.39 is 5.82 Å². The van der Waals surface area contributed by atoms with Crippen molar-refractivity contribution in [2.45, 2.75) is 13.3 Å². The van der Waals surface area contributed by atoms with Gasteiger partial charge in [-0.3, -0.25) is 4.79 Å². The monoisotopic (exact) mass is 265 g/mol. The van der Waals surface area contributed by atoms with Gasteiger partial charge in [0.2, 0.25) is 0 Å². The van der Waals surface area contributed by atoms with Crippen LogP contribution in [0.4, 0.5) is 4.39 Å². The van der Waals surface area contributed by atoms with E-state index in [9.17, 15) is 9.18 Å². The number of rotatable bonds is 4. The molecular formula is C13H12FNO2S. The lowest BCUT2D eigenvalue weighted by molar-refractivity contribution is 0.0996. The van der Waals surface area contributed by atoms with Crippen molar-refractivity contribution in [2.24, 2.45) is 0 Å². The number of hydrogen-bond acceptors (Lipinski definition) is 4. The molecule has 18 heavy (non-hydrogen) atoms. The van der Waals surface area contributed by atoms with Gasteiger partial charge < -0.3 is 4.74 Å². The number of carbonyl (C=O) groups is 1. The molecule has 0 aliphatic carbocycles. The van der Waals surface area contributed by atoms with Crippen LogP contribution in [0.5, 0.6) is 5.75 Å². The third-order valence-electron chi connectivity index (χ3n) is 2.58. The van der Waals surface area contributed by atoms with E-state index in [1.54, 1.807) is 18.5 Å². The maximum atomic E-state index is 13.5. The largest absolute Gasteiger partial charge is 0.494 e. The van der Waals surface area contributed by atoms with Crippen LogP contribution in [0.1, 0.15) is 20.9 Å². The molecule has 2 rings (SSSR count). The van der Waals surface area contributed by atoms with Crippen LogP contribution in [-0.4, -0.2) is 17.9 Å². The molecule has 0 saturated carbocycles. The Kier molecular flexibility index (Phi) is 3.72. The van der Waals surface area contributed by atoms with Gasteiger partial charge in [0.1, 0.15) is 0 Å². The molecule has 0 radical (unpaired) electrons. The van der Waals surface area contributed by atoms with Gasteiger partial charge in [0.25, 0.3) is 0 Å². The van der Waals surface area contributed by atoms with Crippen molar-refractivity contribution in [1.29, 1.82) is 0 Å². The normalized spacial score (nSPS) is 10.4.